The van der Waals surface area contributed by atoms with Crippen LogP contribution in [-0.4, -0.2) is 22.5 Å². The van der Waals surface area contributed by atoms with Gasteiger partial charge >= 0.3 is 0 Å². The minimum atomic E-state index is -0.740. The Bertz CT molecular complexity index is 1110. The van der Waals surface area contributed by atoms with E-state index in [1.54, 1.807) is 0 Å². The lowest BCUT2D eigenvalue weighted by Gasteiger charge is -2.14. The van der Waals surface area contributed by atoms with Crippen molar-refractivity contribution in [3.8, 4) is 22.6 Å². The van der Waals surface area contributed by atoms with Gasteiger partial charge in [0.1, 0.15) is 5.69 Å². The van der Waals surface area contributed by atoms with Crippen LogP contribution in [0, 0.1) is 6.92 Å². The zero-order valence-corrected chi connectivity index (χ0v) is 18.0. The number of aliphatic hydroxyl groups excluding tert-OH is 1. The maximum absolute atomic E-state index is 12.4. The highest BCUT2D eigenvalue weighted by Gasteiger charge is 2.18. The number of benzene rings is 3. The van der Waals surface area contributed by atoms with E-state index in [2.05, 4.69) is 10.3 Å². The van der Waals surface area contributed by atoms with Crippen molar-refractivity contribution in [3.05, 3.63) is 102 Å². The Morgan fingerprint density at radius 1 is 0.938 bits per heavy atom. The van der Waals surface area contributed by atoms with Crippen LogP contribution < -0.4 is 5.32 Å². The van der Waals surface area contributed by atoms with Crippen LogP contribution in [0.3, 0.4) is 0 Å². The Hall–Kier alpha value is -3.70. The van der Waals surface area contributed by atoms with Crippen molar-refractivity contribution < 1.29 is 14.3 Å². The van der Waals surface area contributed by atoms with E-state index in [0.717, 1.165) is 27.9 Å². The fourth-order valence-electron chi connectivity index (χ4n) is 3.64. The van der Waals surface area contributed by atoms with Gasteiger partial charge in [0.15, 0.2) is 11.7 Å². The highest BCUT2D eigenvalue weighted by molar-refractivity contribution is 5.78. The van der Waals surface area contributed by atoms with Crippen LogP contribution in [0.1, 0.15) is 29.5 Å². The molecule has 162 valence electrons. The number of hydrogen-bond acceptors (Lipinski definition) is 4. The van der Waals surface area contributed by atoms with Crippen LogP contribution in [0.15, 0.2) is 89.3 Å². The number of nitrogens with one attached hydrogen (secondary N) is 1. The SMILES string of the molecule is Cc1ccccc1C(O)CNC(=O)CCc1nc(-c2ccccc2)c(-c2ccccc2)o1. The van der Waals surface area contributed by atoms with Crippen LogP contribution in [0.2, 0.25) is 0 Å². The van der Waals surface area contributed by atoms with Gasteiger partial charge in [-0.1, -0.05) is 84.9 Å². The lowest BCUT2D eigenvalue weighted by molar-refractivity contribution is -0.121. The highest BCUT2D eigenvalue weighted by Crippen LogP contribution is 2.32. The average Bonchev–Trinajstić information content (AvgIpc) is 3.27. The van der Waals surface area contributed by atoms with Crippen molar-refractivity contribution >= 4 is 5.91 Å². The summed E-state index contributed by atoms with van der Waals surface area (Å²) in [6.07, 6.45) is -0.140. The van der Waals surface area contributed by atoms with Crippen LogP contribution in [0.25, 0.3) is 22.6 Å². The number of hydrogen-bond donors (Lipinski definition) is 2. The summed E-state index contributed by atoms with van der Waals surface area (Å²) in [6.45, 7) is 2.11. The monoisotopic (exact) mass is 426 g/mol. The predicted octanol–water partition coefficient (Wildman–Crippen LogP) is 5.10. The third kappa shape index (κ3) is 5.13. The second-order valence-corrected chi connectivity index (χ2v) is 7.69. The molecule has 1 atom stereocenters. The molecule has 0 bridgehead atoms. The van der Waals surface area contributed by atoms with Crippen molar-refractivity contribution in [2.24, 2.45) is 0 Å². The van der Waals surface area contributed by atoms with Gasteiger partial charge < -0.3 is 14.8 Å². The van der Waals surface area contributed by atoms with E-state index in [1.165, 1.54) is 0 Å². The summed E-state index contributed by atoms with van der Waals surface area (Å²) in [5.41, 5.74) is 4.49. The topological polar surface area (TPSA) is 75.4 Å². The number of nitrogens with zero attached hydrogens (tertiary/aromatic N) is 1. The number of carbonyl (C=O) groups is 1. The van der Waals surface area contributed by atoms with E-state index >= 15 is 0 Å². The molecule has 0 spiro atoms. The molecule has 0 aliphatic carbocycles. The minimum Gasteiger partial charge on any atom is -0.440 e. The number of amides is 1. The summed E-state index contributed by atoms with van der Waals surface area (Å²) in [4.78, 5) is 17.1. The Morgan fingerprint density at radius 3 is 2.25 bits per heavy atom. The fourth-order valence-corrected chi connectivity index (χ4v) is 3.64. The molecule has 4 rings (SSSR count). The average molecular weight is 427 g/mol. The molecule has 2 N–H and O–H groups in total. The molecule has 5 nitrogen and oxygen atoms in total. The van der Waals surface area contributed by atoms with Gasteiger partial charge in [0.2, 0.25) is 5.91 Å². The zero-order chi connectivity index (χ0) is 22.3. The standard InChI is InChI=1S/C27H26N2O3/c1-19-10-8-9-15-22(19)23(30)18-28-24(31)16-17-25-29-26(20-11-4-2-5-12-20)27(32-25)21-13-6-3-7-14-21/h2-15,23,30H,16-18H2,1H3,(H,28,31). The van der Waals surface area contributed by atoms with E-state index in [9.17, 15) is 9.90 Å². The Kier molecular flexibility index (Phi) is 6.78. The molecule has 4 aromatic rings. The first-order chi connectivity index (χ1) is 15.6. The summed E-state index contributed by atoms with van der Waals surface area (Å²) in [6, 6.07) is 27.3. The molecule has 0 saturated heterocycles. The van der Waals surface area contributed by atoms with E-state index in [0.29, 0.717) is 18.1 Å². The van der Waals surface area contributed by atoms with E-state index in [4.69, 9.17) is 4.42 Å². The van der Waals surface area contributed by atoms with Crippen molar-refractivity contribution in [2.75, 3.05) is 6.54 Å². The van der Waals surface area contributed by atoms with E-state index in [1.807, 2.05) is 91.9 Å². The molecule has 0 radical (unpaired) electrons. The first-order valence-electron chi connectivity index (χ1n) is 10.7. The molecule has 1 amide bonds. The summed E-state index contributed by atoms with van der Waals surface area (Å²) >= 11 is 0. The normalized spacial score (nSPS) is 11.8. The van der Waals surface area contributed by atoms with E-state index < -0.39 is 6.10 Å². The lowest BCUT2D eigenvalue weighted by atomic mass is 10.0. The number of rotatable bonds is 8. The van der Waals surface area contributed by atoms with Gasteiger partial charge in [-0.25, -0.2) is 4.98 Å². The summed E-state index contributed by atoms with van der Waals surface area (Å²) in [7, 11) is 0. The summed E-state index contributed by atoms with van der Waals surface area (Å²) < 4.78 is 6.08. The molecule has 0 saturated carbocycles. The van der Waals surface area contributed by atoms with Gasteiger partial charge in [-0.3, -0.25) is 4.79 Å². The number of aliphatic hydroxyl groups is 1. The predicted molar refractivity (Wildman–Crippen MR) is 125 cm³/mol. The molecule has 0 fully saturated rings. The Balaban J connectivity index is 1.43. The Labute approximate surface area is 187 Å². The lowest BCUT2D eigenvalue weighted by Crippen LogP contribution is -2.28. The molecule has 5 heteroatoms. The van der Waals surface area contributed by atoms with Crippen molar-refractivity contribution in [1.29, 1.82) is 0 Å². The third-order valence-corrected chi connectivity index (χ3v) is 5.36. The van der Waals surface area contributed by atoms with Crippen molar-refractivity contribution in [2.45, 2.75) is 25.9 Å². The van der Waals surface area contributed by atoms with Crippen molar-refractivity contribution in [1.82, 2.24) is 10.3 Å². The second-order valence-electron chi connectivity index (χ2n) is 7.69. The molecule has 1 aromatic heterocycles. The van der Waals surface area contributed by atoms with Gasteiger partial charge in [-0.05, 0) is 18.1 Å². The molecular weight excluding hydrogens is 400 g/mol. The molecule has 1 heterocycles. The molecule has 32 heavy (non-hydrogen) atoms. The van der Waals surface area contributed by atoms with Crippen LogP contribution in [-0.2, 0) is 11.2 Å². The first-order valence-corrected chi connectivity index (χ1v) is 10.7. The Morgan fingerprint density at radius 2 is 1.56 bits per heavy atom. The number of aryl methyl sites for hydroxylation is 2. The van der Waals surface area contributed by atoms with Crippen LogP contribution in [0.5, 0.6) is 0 Å². The molecular formula is C27H26N2O3. The first kappa shape index (κ1) is 21.5. The van der Waals surface area contributed by atoms with Crippen molar-refractivity contribution in [3.63, 3.8) is 0 Å². The van der Waals surface area contributed by atoms with Gasteiger partial charge in [-0.2, -0.15) is 0 Å². The van der Waals surface area contributed by atoms with Gasteiger partial charge in [0.05, 0.1) is 6.10 Å². The molecule has 0 aliphatic rings. The fraction of sp³-hybridized carbons (Fsp3) is 0.185. The van der Waals surface area contributed by atoms with Gasteiger partial charge in [0.25, 0.3) is 0 Å². The zero-order valence-electron chi connectivity index (χ0n) is 18.0. The van der Waals surface area contributed by atoms with Crippen LogP contribution in [0.4, 0.5) is 0 Å². The minimum absolute atomic E-state index is 0.154. The molecule has 3 aromatic carbocycles. The van der Waals surface area contributed by atoms with Gasteiger partial charge in [-0.15, -0.1) is 0 Å². The van der Waals surface area contributed by atoms with E-state index in [-0.39, 0.29) is 18.9 Å². The maximum Gasteiger partial charge on any atom is 0.220 e. The largest absolute Gasteiger partial charge is 0.440 e. The molecule has 1 unspecified atom stereocenters. The number of carbonyl (C=O) groups excluding carboxylic acids is 1. The second kappa shape index (κ2) is 10.1. The van der Waals surface area contributed by atoms with Gasteiger partial charge in [0, 0.05) is 30.5 Å². The van der Waals surface area contributed by atoms with Crippen LogP contribution >= 0.6 is 0 Å². The molecule has 0 aliphatic heterocycles. The summed E-state index contributed by atoms with van der Waals surface area (Å²) in [5.74, 6) is 1.05. The smallest absolute Gasteiger partial charge is 0.220 e. The number of aromatic nitrogens is 1. The maximum atomic E-state index is 12.4. The quantitative estimate of drug-likeness (QED) is 0.411. The highest BCUT2D eigenvalue weighted by atomic mass is 16.4. The number of oxazole rings is 1. The third-order valence-electron chi connectivity index (χ3n) is 5.36. The summed E-state index contributed by atoms with van der Waals surface area (Å²) in [5, 5.41) is 13.2.